The number of carboxylic acids is 1. The van der Waals surface area contributed by atoms with Crippen LogP contribution in [-0.4, -0.2) is 62.2 Å². The summed E-state index contributed by atoms with van der Waals surface area (Å²) in [4.78, 5) is 10.4. The maximum atomic E-state index is 10.4. The minimum Gasteiger partial charge on any atom is -0.479 e. The van der Waals surface area contributed by atoms with Gasteiger partial charge < -0.3 is 30.3 Å². The van der Waals surface area contributed by atoms with E-state index < -0.39 is 36.7 Å². The third-order valence-electron chi connectivity index (χ3n) is 1.83. The van der Waals surface area contributed by atoms with E-state index in [1.54, 1.807) is 0 Å². The van der Waals surface area contributed by atoms with E-state index in [4.69, 9.17) is 25.5 Å². The van der Waals surface area contributed by atoms with E-state index in [9.17, 15) is 4.79 Å². The zero-order valence-electron chi connectivity index (χ0n) is 6.44. The molecule has 0 saturated carbocycles. The van der Waals surface area contributed by atoms with Crippen molar-refractivity contribution >= 4 is 5.97 Å². The Kier molecular flexibility index (Phi) is 2.84. The van der Waals surface area contributed by atoms with E-state index >= 15 is 0 Å². The molecule has 76 valence electrons. The smallest absolute Gasteiger partial charge is 0.335 e. The molecular weight excluding hydrogens is 184 g/mol. The molecule has 0 aliphatic carbocycles. The van der Waals surface area contributed by atoms with Crippen LogP contribution < -0.4 is 0 Å². The van der Waals surface area contributed by atoms with Gasteiger partial charge in [0.1, 0.15) is 18.3 Å². The molecule has 1 saturated heterocycles. The Bertz CT molecular complexity index is 205. The van der Waals surface area contributed by atoms with E-state index in [2.05, 4.69) is 4.74 Å². The van der Waals surface area contributed by atoms with E-state index in [0.717, 1.165) is 0 Å². The molecule has 5 atom stereocenters. The van der Waals surface area contributed by atoms with Crippen molar-refractivity contribution in [2.75, 3.05) is 0 Å². The first-order valence-corrected chi connectivity index (χ1v) is 3.55. The summed E-state index contributed by atoms with van der Waals surface area (Å²) in [6.07, 6.45) is -8.72. The molecule has 7 heteroatoms. The van der Waals surface area contributed by atoms with Crippen LogP contribution in [0.1, 0.15) is 0 Å². The van der Waals surface area contributed by atoms with Gasteiger partial charge in [-0.3, -0.25) is 0 Å². The minimum absolute atomic E-state index is 1.52. The topological polar surface area (TPSA) is 127 Å². The Morgan fingerprint density at radius 2 is 1.54 bits per heavy atom. The Morgan fingerprint density at radius 3 is 2.00 bits per heavy atom. The molecular formula is C6H10O7. The van der Waals surface area contributed by atoms with Gasteiger partial charge in [-0.2, -0.15) is 0 Å². The average molecular weight is 194 g/mol. The third-order valence-corrected chi connectivity index (χ3v) is 1.83. The highest BCUT2D eigenvalue weighted by molar-refractivity contribution is 5.73. The van der Waals surface area contributed by atoms with Crippen LogP contribution in [0.15, 0.2) is 0 Å². The predicted octanol–water partition coefficient (Wildman–Crippen LogP) is -3.13. The van der Waals surface area contributed by atoms with Crippen molar-refractivity contribution in [3.05, 3.63) is 0 Å². The summed E-state index contributed by atoms with van der Waals surface area (Å²) in [5.74, 6) is -1.52. The first-order chi connectivity index (χ1) is 5.95. The number of carbonyl (C=O) groups is 1. The Labute approximate surface area is 72.8 Å². The van der Waals surface area contributed by atoms with E-state index in [1.807, 2.05) is 0 Å². The van der Waals surface area contributed by atoms with E-state index in [-0.39, 0.29) is 0 Å². The predicted molar refractivity (Wildman–Crippen MR) is 36.5 cm³/mol. The number of hydrogen-bond donors (Lipinski definition) is 5. The molecule has 0 aromatic rings. The van der Waals surface area contributed by atoms with Crippen LogP contribution in [0, 0.1) is 0 Å². The molecule has 7 nitrogen and oxygen atoms in total. The molecule has 13 heavy (non-hydrogen) atoms. The zero-order valence-corrected chi connectivity index (χ0v) is 6.44. The highest BCUT2D eigenvalue weighted by Crippen LogP contribution is 2.19. The fraction of sp³-hybridized carbons (Fsp3) is 0.833. The number of aliphatic carboxylic acids is 1. The summed E-state index contributed by atoms with van der Waals surface area (Å²) in [6, 6.07) is 0. The Hall–Kier alpha value is -0.730. The van der Waals surface area contributed by atoms with Crippen LogP contribution in [-0.2, 0) is 9.53 Å². The number of hydrogen-bond acceptors (Lipinski definition) is 6. The molecule has 0 unspecified atom stereocenters. The summed E-state index contributed by atoms with van der Waals surface area (Å²) in [7, 11) is 0. The lowest BCUT2D eigenvalue weighted by molar-refractivity contribution is -0.279. The van der Waals surface area contributed by atoms with Crippen LogP contribution in [0.25, 0.3) is 0 Å². The lowest BCUT2D eigenvalue weighted by Gasteiger charge is -2.36. The normalized spacial score (nSPS) is 46.0. The van der Waals surface area contributed by atoms with E-state index in [0.29, 0.717) is 0 Å². The molecule has 0 aromatic heterocycles. The highest BCUT2D eigenvalue weighted by atomic mass is 16.6. The fourth-order valence-corrected chi connectivity index (χ4v) is 1.07. The number of rotatable bonds is 1. The maximum absolute atomic E-state index is 10.4. The minimum atomic E-state index is -1.81. The largest absolute Gasteiger partial charge is 0.479 e. The van der Waals surface area contributed by atoms with Gasteiger partial charge in [0.25, 0.3) is 0 Å². The van der Waals surface area contributed by atoms with Crippen LogP contribution in [0.3, 0.4) is 0 Å². The summed E-state index contributed by atoms with van der Waals surface area (Å²) in [6.45, 7) is 0. The first kappa shape index (κ1) is 10.4. The number of ether oxygens (including phenoxy) is 1. The van der Waals surface area contributed by atoms with Crippen molar-refractivity contribution in [3.8, 4) is 0 Å². The quantitative estimate of drug-likeness (QED) is 0.298. The van der Waals surface area contributed by atoms with Gasteiger partial charge in [0, 0.05) is 0 Å². The second kappa shape index (κ2) is 3.56. The second-order valence-corrected chi connectivity index (χ2v) is 2.76. The van der Waals surface area contributed by atoms with Crippen LogP contribution in [0.5, 0.6) is 0 Å². The monoisotopic (exact) mass is 194 g/mol. The molecule has 1 fully saturated rings. The van der Waals surface area contributed by atoms with Crippen molar-refractivity contribution < 1.29 is 35.1 Å². The fourth-order valence-electron chi connectivity index (χ4n) is 1.07. The van der Waals surface area contributed by atoms with Gasteiger partial charge in [-0.15, -0.1) is 0 Å². The van der Waals surface area contributed by atoms with Gasteiger partial charge in [-0.25, -0.2) is 4.79 Å². The van der Waals surface area contributed by atoms with Crippen LogP contribution in [0.4, 0.5) is 0 Å². The first-order valence-electron chi connectivity index (χ1n) is 3.55. The summed E-state index contributed by atoms with van der Waals surface area (Å²) >= 11 is 0. The molecule has 5 N–H and O–H groups in total. The van der Waals surface area contributed by atoms with E-state index in [1.165, 1.54) is 0 Å². The summed E-state index contributed by atoms with van der Waals surface area (Å²) in [5.41, 5.74) is 0. The van der Waals surface area contributed by atoms with Gasteiger partial charge in [-0.1, -0.05) is 0 Å². The van der Waals surface area contributed by atoms with Gasteiger partial charge >= 0.3 is 5.97 Å². The van der Waals surface area contributed by atoms with Crippen molar-refractivity contribution in [2.24, 2.45) is 0 Å². The number of carboxylic acid groups (broad SMARTS) is 1. The molecule has 0 spiro atoms. The molecule has 1 heterocycles. The van der Waals surface area contributed by atoms with Crippen molar-refractivity contribution in [3.63, 3.8) is 0 Å². The molecule has 0 aromatic carbocycles. The highest BCUT2D eigenvalue weighted by Gasteiger charge is 2.46. The second-order valence-electron chi connectivity index (χ2n) is 2.76. The summed E-state index contributed by atoms with van der Waals surface area (Å²) < 4.78 is 4.34. The van der Waals surface area contributed by atoms with Gasteiger partial charge in [0.15, 0.2) is 12.4 Å². The van der Waals surface area contributed by atoms with Gasteiger partial charge in [0.05, 0.1) is 0 Å². The Morgan fingerprint density at radius 1 is 1.00 bits per heavy atom. The SMILES string of the molecule is O=C(O)[C@@H]1O[C@@H](O)[C@@H](O)[C@@H](O)[C@H]1O. The van der Waals surface area contributed by atoms with Crippen molar-refractivity contribution in [1.29, 1.82) is 0 Å². The van der Waals surface area contributed by atoms with Crippen LogP contribution in [0.2, 0.25) is 0 Å². The summed E-state index contributed by atoms with van der Waals surface area (Å²) in [5, 5.41) is 44.4. The van der Waals surface area contributed by atoms with Gasteiger partial charge in [0.2, 0.25) is 0 Å². The van der Waals surface area contributed by atoms with Gasteiger partial charge in [-0.05, 0) is 0 Å². The molecule has 0 bridgehead atoms. The number of aliphatic hydroxyl groups excluding tert-OH is 4. The standard InChI is InChI=1S/C6H10O7/c7-1-2(8)4(5(10)11)13-6(12)3(1)9/h1-4,6-9,12H,(H,10,11)/t1-,2+,3-,4+,6+/m0/s1. The third kappa shape index (κ3) is 1.79. The lowest BCUT2D eigenvalue weighted by atomic mass is 9.99. The molecule has 0 amide bonds. The lowest BCUT2D eigenvalue weighted by Crippen LogP contribution is -2.59. The molecule has 1 rings (SSSR count). The number of aliphatic hydroxyl groups is 4. The maximum Gasteiger partial charge on any atom is 0.335 e. The zero-order chi connectivity index (χ0) is 10.2. The molecule has 0 radical (unpaired) electrons. The average Bonchev–Trinajstić information content (AvgIpc) is 2.07. The van der Waals surface area contributed by atoms with Crippen molar-refractivity contribution in [1.82, 2.24) is 0 Å². The van der Waals surface area contributed by atoms with Crippen LogP contribution >= 0.6 is 0 Å². The molecule has 1 aliphatic heterocycles. The van der Waals surface area contributed by atoms with Crippen molar-refractivity contribution in [2.45, 2.75) is 30.7 Å². The molecule has 1 aliphatic rings. The Balaban J connectivity index is 2.76.